The summed E-state index contributed by atoms with van der Waals surface area (Å²) in [5.41, 5.74) is 5.62. The van der Waals surface area contributed by atoms with Gasteiger partial charge in [-0.3, -0.25) is 4.79 Å². The Morgan fingerprint density at radius 2 is 2.03 bits per heavy atom. The third-order valence-corrected chi connectivity index (χ3v) is 5.69. The van der Waals surface area contributed by atoms with Crippen molar-refractivity contribution in [2.75, 3.05) is 13.7 Å². The molecule has 0 spiro atoms. The number of carbonyl (C=O) groups is 1. The highest BCUT2D eigenvalue weighted by molar-refractivity contribution is 5.98. The Hall–Kier alpha value is -3.14. The number of methoxy groups -OCH3 is 1. The van der Waals surface area contributed by atoms with E-state index in [4.69, 9.17) is 14.9 Å². The van der Waals surface area contributed by atoms with E-state index in [1.54, 1.807) is 6.07 Å². The Bertz CT molecular complexity index is 1170. The molecule has 1 amide bonds. The fourth-order valence-corrected chi connectivity index (χ4v) is 3.51. The number of nitrogens with two attached hydrogens (primary N) is 1. The molecule has 1 aromatic carbocycles. The SMILES string of the molecule is CC[C@H](N)Cc1oc(-c2ccc(OC)c3nc(C(F)(F)F)ccc23)nc1C(=O)NCC1CC1. The lowest BCUT2D eigenvalue weighted by Gasteiger charge is -2.11. The largest absolute Gasteiger partial charge is 0.494 e. The number of rotatable bonds is 8. The van der Waals surface area contributed by atoms with Gasteiger partial charge in [0.2, 0.25) is 5.89 Å². The number of oxazole rings is 1. The van der Waals surface area contributed by atoms with Gasteiger partial charge in [-0.1, -0.05) is 6.92 Å². The number of hydrogen-bond donors (Lipinski definition) is 2. The molecule has 176 valence electrons. The normalized spacial score (nSPS) is 15.0. The van der Waals surface area contributed by atoms with E-state index in [1.807, 2.05) is 6.92 Å². The van der Waals surface area contributed by atoms with Crippen LogP contribution in [0.5, 0.6) is 5.75 Å². The van der Waals surface area contributed by atoms with Gasteiger partial charge in [-0.05, 0) is 49.4 Å². The molecule has 0 saturated heterocycles. The second-order valence-electron chi connectivity index (χ2n) is 8.22. The lowest BCUT2D eigenvalue weighted by molar-refractivity contribution is -0.140. The maximum atomic E-state index is 13.2. The van der Waals surface area contributed by atoms with Gasteiger partial charge in [0.25, 0.3) is 5.91 Å². The van der Waals surface area contributed by atoms with Crippen LogP contribution in [-0.2, 0) is 12.6 Å². The summed E-state index contributed by atoms with van der Waals surface area (Å²) >= 11 is 0. The van der Waals surface area contributed by atoms with Crippen molar-refractivity contribution in [3.8, 4) is 17.2 Å². The molecular weight excluding hydrogens is 437 g/mol. The van der Waals surface area contributed by atoms with Crippen LogP contribution in [0.15, 0.2) is 28.7 Å². The van der Waals surface area contributed by atoms with Gasteiger partial charge in [0.05, 0.1) is 7.11 Å². The summed E-state index contributed by atoms with van der Waals surface area (Å²) in [7, 11) is 1.36. The van der Waals surface area contributed by atoms with E-state index >= 15 is 0 Å². The molecule has 3 aromatic rings. The first kappa shape index (κ1) is 23.0. The van der Waals surface area contributed by atoms with E-state index < -0.39 is 11.9 Å². The number of aromatic nitrogens is 2. The lowest BCUT2D eigenvalue weighted by Crippen LogP contribution is -2.28. The van der Waals surface area contributed by atoms with Crippen molar-refractivity contribution in [3.63, 3.8) is 0 Å². The Labute approximate surface area is 188 Å². The zero-order chi connectivity index (χ0) is 23.8. The average molecular weight is 462 g/mol. The number of fused-ring (bicyclic) bond motifs is 1. The van der Waals surface area contributed by atoms with Gasteiger partial charge in [-0.25, -0.2) is 9.97 Å². The second-order valence-corrected chi connectivity index (χ2v) is 8.22. The molecule has 1 fully saturated rings. The van der Waals surface area contributed by atoms with Crippen molar-refractivity contribution >= 4 is 16.8 Å². The molecule has 3 N–H and O–H groups in total. The zero-order valence-electron chi connectivity index (χ0n) is 18.3. The first-order valence-corrected chi connectivity index (χ1v) is 10.8. The Morgan fingerprint density at radius 3 is 2.67 bits per heavy atom. The molecule has 1 aliphatic rings. The standard InChI is InChI=1S/C23H25F3N4O3/c1-3-13(27)10-17-20(21(31)28-11-12-4-5-12)30-22(33-17)15-6-8-16(32-2)19-14(15)7-9-18(29-19)23(24,25)26/h6-9,12-13H,3-5,10-11,27H2,1-2H3,(H,28,31)/t13-/m0/s1. The second kappa shape index (κ2) is 9.01. The molecule has 7 nitrogen and oxygen atoms in total. The number of nitrogens with one attached hydrogen (secondary N) is 1. The summed E-state index contributed by atoms with van der Waals surface area (Å²) in [6.45, 7) is 2.49. The summed E-state index contributed by atoms with van der Waals surface area (Å²) in [6.07, 6.45) is -1.45. The van der Waals surface area contributed by atoms with E-state index in [0.717, 1.165) is 18.9 Å². The average Bonchev–Trinajstić information content (AvgIpc) is 3.54. The summed E-state index contributed by atoms with van der Waals surface area (Å²) in [5.74, 6) is 0.768. The summed E-state index contributed by atoms with van der Waals surface area (Å²) in [4.78, 5) is 21.0. The number of ether oxygens (including phenoxy) is 1. The van der Waals surface area contributed by atoms with Gasteiger partial charge in [0.1, 0.15) is 22.7 Å². The van der Waals surface area contributed by atoms with E-state index in [2.05, 4.69) is 15.3 Å². The molecule has 0 aliphatic heterocycles. The topological polar surface area (TPSA) is 103 Å². The minimum absolute atomic E-state index is 0.0227. The molecule has 2 heterocycles. The molecule has 33 heavy (non-hydrogen) atoms. The van der Waals surface area contributed by atoms with Crippen LogP contribution in [-0.4, -0.2) is 35.6 Å². The van der Waals surface area contributed by atoms with Crippen LogP contribution in [0.2, 0.25) is 0 Å². The van der Waals surface area contributed by atoms with Gasteiger partial charge in [0.15, 0.2) is 5.69 Å². The molecule has 1 aliphatic carbocycles. The van der Waals surface area contributed by atoms with E-state index in [9.17, 15) is 18.0 Å². The van der Waals surface area contributed by atoms with Crippen LogP contribution >= 0.6 is 0 Å². The van der Waals surface area contributed by atoms with Gasteiger partial charge < -0.3 is 20.2 Å². The van der Waals surface area contributed by atoms with Crippen LogP contribution in [0.1, 0.15) is 48.1 Å². The third-order valence-electron chi connectivity index (χ3n) is 5.69. The quantitative estimate of drug-likeness (QED) is 0.516. The van der Waals surface area contributed by atoms with E-state index in [0.29, 0.717) is 42.0 Å². The number of halogens is 3. The number of nitrogens with zero attached hydrogens (tertiary/aromatic N) is 2. The molecule has 0 unspecified atom stereocenters. The maximum absolute atomic E-state index is 13.2. The summed E-state index contributed by atoms with van der Waals surface area (Å²) < 4.78 is 50.8. The Morgan fingerprint density at radius 1 is 1.27 bits per heavy atom. The van der Waals surface area contributed by atoms with Crippen molar-refractivity contribution < 1.29 is 27.1 Å². The minimum atomic E-state index is -4.60. The van der Waals surface area contributed by atoms with Crippen molar-refractivity contribution in [1.82, 2.24) is 15.3 Å². The maximum Gasteiger partial charge on any atom is 0.433 e. The van der Waals surface area contributed by atoms with Crippen LogP contribution < -0.4 is 15.8 Å². The smallest absolute Gasteiger partial charge is 0.433 e. The number of hydrogen-bond acceptors (Lipinski definition) is 6. The Balaban J connectivity index is 1.79. The number of amides is 1. The molecular formula is C23H25F3N4O3. The zero-order valence-corrected chi connectivity index (χ0v) is 18.3. The molecule has 4 rings (SSSR count). The highest BCUT2D eigenvalue weighted by atomic mass is 19.4. The number of carbonyl (C=O) groups excluding carboxylic acids is 1. The predicted octanol–water partition coefficient (Wildman–Crippen LogP) is 4.34. The van der Waals surface area contributed by atoms with Crippen LogP contribution in [0.25, 0.3) is 22.4 Å². The summed E-state index contributed by atoms with van der Waals surface area (Å²) in [6, 6.07) is 5.09. The molecule has 1 saturated carbocycles. The predicted molar refractivity (Wildman–Crippen MR) is 116 cm³/mol. The van der Waals surface area contributed by atoms with Crippen molar-refractivity contribution in [3.05, 3.63) is 41.4 Å². The third kappa shape index (κ3) is 4.95. The fourth-order valence-electron chi connectivity index (χ4n) is 3.51. The lowest BCUT2D eigenvalue weighted by atomic mass is 10.1. The molecule has 0 bridgehead atoms. The van der Waals surface area contributed by atoms with Crippen molar-refractivity contribution in [1.29, 1.82) is 0 Å². The minimum Gasteiger partial charge on any atom is -0.494 e. The van der Waals surface area contributed by atoms with Crippen molar-refractivity contribution in [2.45, 2.75) is 44.8 Å². The van der Waals surface area contributed by atoms with Gasteiger partial charge in [-0.2, -0.15) is 13.2 Å². The number of alkyl halides is 3. The van der Waals surface area contributed by atoms with Crippen LogP contribution in [0, 0.1) is 5.92 Å². The van der Waals surface area contributed by atoms with E-state index in [-0.39, 0.29) is 34.8 Å². The summed E-state index contributed by atoms with van der Waals surface area (Å²) in [5, 5.41) is 3.24. The highest BCUT2D eigenvalue weighted by Crippen LogP contribution is 2.37. The molecule has 2 aromatic heterocycles. The van der Waals surface area contributed by atoms with E-state index in [1.165, 1.54) is 19.2 Å². The number of pyridine rings is 1. The first-order valence-electron chi connectivity index (χ1n) is 10.8. The molecule has 10 heteroatoms. The molecule has 1 atom stereocenters. The monoisotopic (exact) mass is 462 g/mol. The fraction of sp³-hybridized carbons (Fsp3) is 0.435. The Kier molecular flexibility index (Phi) is 6.29. The molecule has 0 radical (unpaired) electrons. The first-order chi connectivity index (χ1) is 15.7. The van der Waals surface area contributed by atoms with Crippen LogP contribution in [0.3, 0.4) is 0 Å². The van der Waals surface area contributed by atoms with Gasteiger partial charge in [-0.15, -0.1) is 0 Å². The number of benzene rings is 1. The van der Waals surface area contributed by atoms with Gasteiger partial charge in [0, 0.05) is 30.0 Å². The van der Waals surface area contributed by atoms with Crippen LogP contribution in [0.4, 0.5) is 13.2 Å². The van der Waals surface area contributed by atoms with Gasteiger partial charge >= 0.3 is 6.18 Å². The van der Waals surface area contributed by atoms with Crippen molar-refractivity contribution in [2.24, 2.45) is 11.7 Å². The highest BCUT2D eigenvalue weighted by Gasteiger charge is 2.33.